The number of hydrogen-bond acceptors (Lipinski definition) is 5. The van der Waals surface area contributed by atoms with Crippen molar-refractivity contribution in [2.45, 2.75) is 36.3 Å². The summed E-state index contributed by atoms with van der Waals surface area (Å²) in [5.41, 5.74) is -0.140. The van der Waals surface area contributed by atoms with Crippen LogP contribution in [0.25, 0.3) is 10.9 Å². The van der Waals surface area contributed by atoms with Crippen LogP contribution < -0.4 is 9.80 Å². The van der Waals surface area contributed by atoms with E-state index in [-0.39, 0.29) is 22.2 Å². The minimum Gasteiger partial charge on any atom is -0.376 e. The molecule has 8 heteroatoms. The average Bonchev–Trinajstić information content (AvgIpc) is 3.01. The molecule has 170 valence electrons. The van der Waals surface area contributed by atoms with Gasteiger partial charge in [-0.05, 0) is 67.6 Å². The van der Waals surface area contributed by atoms with Gasteiger partial charge in [0, 0.05) is 54.9 Å². The zero-order valence-electron chi connectivity index (χ0n) is 18.6. The van der Waals surface area contributed by atoms with E-state index in [4.69, 9.17) is 0 Å². The molecule has 32 heavy (non-hydrogen) atoms. The number of alkyl halides is 3. The highest BCUT2D eigenvalue weighted by molar-refractivity contribution is 8.00. The first kappa shape index (κ1) is 22.7. The second kappa shape index (κ2) is 8.48. The van der Waals surface area contributed by atoms with E-state index in [1.807, 2.05) is 20.3 Å². The monoisotopic (exact) mass is 460 g/mol. The van der Waals surface area contributed by atoms with Crippen molar-refractivity contribution >= 4 is 34.0 Å². The molecule has 0 spiro atoms. The molecule has 1 aromatic heterocycles. The van der Waals surface area contributed by atoms with Crippen molar-refractivity contribution < 1.29 is 13.2 Å². The number of aromatic nitrogens is 1. The lowest BCUT2D eigenvalue weighted by Gasteiger charge is -2.30. The summed E-state index contributed by atoms with van der Waals surface area (Å²) >= 11 is -0.0800. The predicted octanol–water partition coefficient (Wildman–Crippen LogP) is 5.97. The van der Waals surface area contributed by atoms with Gasteiger partial charge < -0.3 is 9.80 Å². The average molecular weight is 461 g/mol. The van der Waals surface area contributed by atoms with Crippen LogP contribution in [0.5, 0.6) is 0 Å². The van der Waals surface area contributed by atoms with Crippen LogP contribution in [0.2, 0.25) is 0 Å². The van der Waals surface area contributed by atoms with Crippen molar-refractivity contribution in [3.05, 3.63) is 60.3 Å². The first-order valence-corrected chi connectivity index (χ1v) is 11.2. The number of anilines is 2. The number of thioether (sulfide) groups is 1. The van der Waals surface area contributed by atoms with E-state index in [2.05, 4.69) is 57.8 Å². The van der Waals surface area contributed by atoms with Gasteiger partial charge in [-0.25, -0.2) is 0 Å². The van der Waals surface area contributed by atoms with Gasteiger partial charge in [0.2, 0.25) is 0 Å². The lowest BCUT2D eigenvalue weighted by atomic mass is 10.0. The molecule has 3 aromatic rings. The van der Waals surface area contributed by atoms with Crippen molar-refractivity contribution in [2.24, 2.45) is 0 Å². The molecule has 0 unspecified atom stereocenters. The van der Waals surface area contributed by atoms with Crippen LogP contribution in [0.4, 0.5) is 24.5 Å². The van der Waals surface area contributed by atoms with E-state index in [9.17, 15) is 13.2 Å². The summed E-state index contributed by atoms with van der Waals surface area (Å²) in [6.07, 6.45) is 1.86. The lowest BCUT2D eigenvalue weighted by molar-refractivity contribution is -0.0328. The van der Waals surface area contributed by atoms with Gasteiger partial charge in [-0.1, -0.05) is 12.1 Å². The van der Waals surface area contributed by atoms with E-state index in [0.29, 0.717) is 6.67 Å². The summed E-state index contributed by atoms with van der Waals surface area (Å²) in [7, 11) is 4.03. The van der Waals surface area contributed by atoms with Crippen molar-refractivity contribution in [3.8, 4) is 0 Å². The number of nitrogens with zero attached hydrogens (tertiary/aromatic N) is 4. The standard InChI is InChI=1S/C24H27F3N4S/c1-23(2)15-30(18-8-10-19(11-9-18)32-24(25,26)27)16-31(23)14-17-12-13-28-22-20(17)6-5-7-21(22)29(3)4/h5-13H,14-16H2,1-4H3. The molecule has 0 atom stereocenters. The SMILES string of the molecule is CN(C)c1cccc2c(CN3CN(c4ccc(SC(F)(F)F)cc4)CC3(C)C)ccnc12. The Kier molecular flexibility index (Phi) is 6.02. The number of pyridine rings is 1. The Balaban J connectivity index is 1.55. The zero-order valence-corrected chi connectivity index (χ0v) is 19.5. The van der Waals surface area contributed by atoms with Crippen LogP contribution in [-0.4, -0.2) is 48.2 Å². The Bertz CT molecular complexity index is 1100. The van der Waals surface area contributed by atoms with Gasteiger partial charge in [0.1, 0.15) is 0 Å². The smallest absolute Gasteiger partial charge is 0.376 e. The topological polar surface area (TPSA) is 22.6 Å². The van der Waals surface area contributed by atoms with Gasteiger partial charge in [-0.15, -0.1) is 0 Å². The quantitative estimate of drug-likeness (QED) is 0.436. The van der Waals surface area contributed by atoms with Crippen molar-refractivity contribution in [2.75, 3.05) is 37.1 Å². The first-order valence-electron chi connectivity index (χ1n) is 10.4. The van der Waals surface area contributed by atoms with Crippen LogP contribution in [0.15, 0.2) is 59.6 Å². The number of fused-ring (bicyclic) bond motifs is 1. The molecule has 1 saturated heterocycles. The maximum absolute atomic E-state index is 12.6. The molecule has 0 saturated carbocycles. The van der Waals surface area contributed by atoms with E-state index < -0.39 is 5.51 Å². The molecule has 0 radical (unpaired) electrons. The fourth-order valence-corrected chi connectivity index (χ4v) is 4.77. The highest BCUT2D eigenvalue weighted by Gasteiger charge is 2.37. The van der Waals surface area contributed by atoms with E-state index in [1.165, 1.54) is 5.56 Å². The molecule has 0 bridgehead atoms. The number of hydrogen-bond donors (Lipinski definition) is 0. The van der Waals surface area contributed by atoms with Crippen molar-refractivity contribution in [1.82, 2.24) is 9.88 Å². The van der Waals surface area contributed by atoms with Crippen LogP contribution in [0.3, 0.4) is 0 Å². The summed E-state index contributed by atoms with van der Waals surface area (Å²) < 4.78 is 37.9. The third kappa shape index (κ3) is 4.81. The number of rotatable bonds is 5. The molecular formula is C24H27F3N4S. The van der Waals surface area contributed by atoms with Gasteiger partial charge >= 0.3 is 5.51 Å². The molecule has 0 aliphatic carbocycles. The second-order valence-corrected chi connectivity index (χ2v) is 10.1. The molecule has 2 aromatic carbocycles. The van der Waals surface area contributed by atoms with Crippen LogP contribution in [-0.2, 0) is 6.54 Å². The fourth-order valence-electron chi connectivity index (χ4n) is 4.23. The lowest BCUT2D eigenvalue weighted by Crippen LogP contribution is -2.39. The molecule has 2 heterocycles. The first-order chi connectivity index (χ1) is 15.0. The summed E-state index contributed by atoms with van der Waals surface area (Å²) in [5.74, 6) is 0. The second-order valence-electron chi connectivity index (χ2n) is 8.93. The summed E-state index contributed by atoms with van der Waals surface area (Å²) in [6, 6.07) is 15.0. The number of para-hydroxylation sites is 1. The van der Waals surface area contributed by atoms with Gasteiger partial charge in [0.05, 0.1) is 17.9 Å². The van der Waals surface area contributed by atoms with E-state index in [1.54, 1.807) is 24.3 Å². The Morgan fingerprint density at radius 1 is 1.06 bits per heavy atom. The van der Waals surface area contributed by atoms with Gasteiger partial charge in [-0.2, -0.15) is 13.2 Å². The van der Waals surface area contributed by atoms with Gasteiger partial charge in [0.25, 0.3) is 0 Å². The fraction of sp³-hybridized carbons (Fsp3) is 0.375. The van der Waals surface area contributed by atoms with Gasteiger partial charge in [-0.3, -0.25) is 9.88 Å². The summed E-state index contributed by atoms with van der Waals surface area (Å²) in [6.45, 7) is 6.67. The van der Waals surface area contributed by atoms with E-state index in [0.717, 1.165) is 35.4 Å². The summed E-state index contributed by atoms with van der Waals surface area (Å²) in [5, 5.41) is 1.14. The molecule has 1 aliphatic rings. The van der Waals surface area contributed by atoms with Crippen LogP contribution >= 0.6 is 11.8 Å². The Labute approximate surface area is 191 Å². The number of halogens is 3. The highest BCUT2D eigenvalue weighted by Crippen LogP contribution is 2.38. The third-order valence-corrected chi connectivity index (χ3v) is 6.63. The Morgan fingerprint density at radius 2 is 1.78 bits per heavy atom. The molecule has 1 aliphatic heterocycles. The maximum atomic E-state index is 12.6. The van der Waals surface area contributed by atoms with Gasteiger partial charge in [0.15, 0.2) is 0 Å². The summed E-state index contributed by atoms with van der Waals surface area (Å²) in [4.78, 5) is 11.5. The normalized spacial score (nSPS) is 16.7. The van der Waals surface area contributed by atoms with Crippen LogP contribution in [0.1, 0.15) is 19.4 Å². The minimum atomic E-state index is -4.27. The maximum Gasteiger partial charge on any atom is 0.446 e. The molecule has 4 rings (SSSR count). The Hall–Kier alpha value is -2.45. The molecule has 0 amide bonds. The predicted molar refractivity (Wildman–Crippen MR) is 126 cm³/mol. The Morgan fingerprint density at radius 3 is 2.44 bits per heavy atom. The molecule has 1 fully saturated rings. The van der Waals surface area contributed by atoms with Crippen LogP contribution in [0, 0.1) is 0 Å². The zero-order chi connectivity index (χ0) is 23.1. The third-order valence-electron chi connectivity index (χ3n) is 5.89. The molecular weight excluding hydrogens is 433 g/mol. The minimum absolute atomic E-state index is 0.0800. The highest BCUT2D eigenvalue weighted by atomic mass is 32.2. The number of benzene rings is 2. The van der Waals surface area contributed by atoms with Crippen molar-refractivity contribution in [3.63, 3.8) is 0 Å². The van der Waals surface area contributed by atoms with E-state index >= 15 is 0 Å². The van der Waals surface area contributed by atoms with Crippen molar-refractivity contribution in [1.29, 1.82) is 0 Å². The molecule has 0 N–H and O–H groups in total. The largest absolute Gasteiger partial charge is 0.446 e. The molecule has 4 nitrogen and oxygen atoms in total.